The van der Waals surface area contributed by atoms with Gasteiger partial charge in [-0.15, -0.1) is 21.7 Å². The predicted octanol–water partition coefficient (Wildman–Crippen LogP) is -0.937. The predicted molar refractivity (Wildman–Crippen MR) is 370 cm³/mol. The molecule has 7 saturated heterocycles. The van der Waals surface area contributed by atoms with Crippen molar-refractivity contribution in [2.75, 3.05) is 81.9 Å². The number of methoxy groups -OCH3 is 7. The van der Waals surface area contributed by atoms with Gasteiger partial charge in [0.15, 0.2) is 117 Å². The summed E-state index contributed by atoms with van der Waals surface area (Å²) in [5.41, 5.74) is 0. The number of carbonyl (C=O) groups excluding carboxylic acids is 3. The van der Waals surface area contributed by atoms with E-state index < -0.39 is 212 Å². The number of rotatable bonds is 56. The van der Waals surface area contributed by atoms with Crippen LogP contribution < -0.4 is 21.3 Å². The van der Waals surface area contributed by atoms with Crippen LogP contribution in [0.4, 0.5) is 4.79 Å². The maximum atomic E-state index is 14.0. The fourth-order valence-corrected chi connectivity index (χ4v) is 17.1. The van der Waals surface area contributed by atoms with Crippen molar-refractivity contribution in [1.82, 2.24) is 21.3 Å². The molecule has 28 atom stereocenters. The molecule has 0 aliphatic carbocycles. The average Bonchev–Trinajstić information content (AvgIpc) is 0.910. The molecule has 13 unspecified atom stereocenters. The Morgan fingerprint density at radius 3 is 1.36 bits per heavy atom. The second-order valence-electron chi connectivity index (χ2n) is 24.6. The van der Waals surface area contributed by atoms with Crippen LogP contribution in [0, 0.1) is 0 Å². The summed E-state index contributed by atoms with van der Waals surface area (Å²) in [5.74, 6) is -3.85. The van der Waals surface area contributed by atoms with E-state index in [1.165, 1.54) is 0 Å². The summed E-state index contributed by atoms with van der Waals surface area (Å²) in [7, 11) is -3.32. The number of carbonyl (C=O) groups is 5. The quantitative estimate of drug-likeness (QED) is 0.00873. The number of aliphatic carboxylic acids is 2. The number of thioether (sulfide) groups is 1. The highest BCUT2D eigenvalue weighted by Crippen LogP contribution is 2.43. The molecule has 7 aliphatic heterocycles. The molecule has 0 spiro atoms. The molecule has 674 valence electrons. The Hall–Kier alpha value is -2.45. The van der Waals surface area contributed by atoms with Crippen LogP contribution in [-0.4, -0.2) is 345 Å². The molecule has 0 aromatic rings. The molecule has 7 aliphatic rings. The molecule has 7 rings (SSSR count). The molecule has 13 N–H and O–H groups in total. The molecule has 0 aromatic carbocycles. The summed E-state index contributed by atoms with van der Waals surface area (Å²) in [6.45, 7) is -2.85. The normalized spacial score (nSPS) is 34.9. The van der Waals surface area contributed by atoms with Gasteiger partial charge in [-0.3, -0.25) is 39.6 Å². The molecular weight excluding hydrogens is 1770 g/mol. The van der Waals surface area contributed by atoms with Gasteiger partial charge in [0.05, 0.1) is 31.9 Å². The fraction of sp³-hybridized carbons (Fsp3) is 0.906. The lowest BCUT2D eigenvalue weighted by atomic mass is 9.94. The molecule has 0 radical (unpaired) electrons. The van der Waals surface area contributed by atoms with E-state index in [1.807, 2.05) is 0 Å². The maximum absolute atomic E-state index is 14.0. The zero-order valence-corrected chi connectivity index (χ0v) is 67.8. The van der Waals surface area contributed by atoms with Gasteiger partial charge in [-0.2, -0.15) is 28.6 Å². The topological polar surface area (TPSA) is 688 Å². The Balaban J connectivity index is 1.16. The zero-order valence-electron chi connectivity index (χ0n) is 61.3. The van der Waals surface area contributed by atoms with Gasteiger partial charge in [-0.05, 0) is 25.7 Å². The van der Waals surface area contributed by atoms with E-state index in [1.54, 1.807) is 11.8 Å². The monoisotopic (exact) mass is 1850 g/mol. The number of hydrogen-bond acceptors (Lipinski definition) is 53. The van der Waals surface area contributed by atoms with Gasteiger partial charge in [0, 0.05) is 80.2 Å². The van der Waals surface area contributed by atoms with Crippen LogP contribution in [0.5, 0.6) is 0 Å². The van der Waals surface area contributed by atoms with Crippen molar-refractivity contribution >= 4 is 124 Å². The third-order valence-electron chi connectivity index (χ3n) is 18.1. The third-order valence-corrected chi connectivity index (χ3v) is 22.5. The molecule has 0 saturated carbocycles. The molecule has 55 nitrogen and oxygen atoms in total. The Kier molecular flexibility index (Phi) is 44.9. The Bertz CT molecular complexity index is 3160. The fourth-order valence-electron chi connectivity index (χ4n) is 13.3. The van der Waals surface area contributed by atoms with Crippen molar-refractivity contribution in [3.8, 4) is 0 Å². The van der Waals surface area contributed by atoms with Gasteiger partial charge in [0.1, 0.15) is 97.6 Å². The van der Waals surface area contributed by atoms with E-state index >= 15 is 0 Å². The van der Waals surface area contributed by atoms with Crippen LogP contribution in [0.3, 0.4) is 0 Å². The minimum absolute atomic E-state index is 0.0361. The molecule has 7 heterocycles. The maximum Gasteiger partial charge on any atom is 0.397 e. The number of urea groups is 1. The lowest BCUT2D eigenvalue weighted by Gasteiger charge is -2.51. The molecule has 0 aromatic heterocycles. The summed E-state index contributed by atoms with van der Waals surface area (Å²) in [5, 5.41) is 97.3. The van der Waals surface area contributed by atoms with Crippen LogP contribution in [0.2, 0.25) is 0 Å². The van der Waals surface area contributed by atoms with Gasteiger partial charge in [-0.1, -0.05) is 38.0 Å². The molecule has 63 heteroatoms. The van der Waals surface area contributed by atoms with Crippen molar-refractivity contribution in [1.29, 1.82) is 0 Å². The summed E-state index contributed by atoms with van der Waals surface area (Å²) >= 11 is 1.15. The Labute approximate surface area is 684 Å². The minimum atomic E-state index is -5.58. The van der Waals surface area contributed by atoms with E-state index in [0.717, 1.165) is 68.4 Å². The number of hydrogen-bond donors (Lipinski definition) is 13. The second kappa shape index (κ2) is 51.7. The van der Waals surface area contributed by atoms with Crippen LogP contribution >= 0.6 is 73.4 Å². The largest absolute Gasteiger partial charge is 0.479 e. The minimum Gasteiger partial charge on any atom is -0.479 e. The zero-order chi connectivity index (χ0) is 84.7. The first-order valence-corrected chi connectivity index (χ1v) is 40.8. The summed E-state index contributed by atoms with van der Waals surface area (Å²) in [6, 6.07) is -1.60. The third kappa shape index (κ3) is 29.6. The molecule has 4 amide bonds. The Morgan fingerprint density at radius 2 is 0.879 bits per heavy atom. The van der Waals surface area contributed by atoms with Gasteiger partial charge in [0.2, 0.25) is 11.8 Å². The smallest absolute Gasteiger partial charge is 0.397 e. The number of nitrogens with one attached hydrogen (secondary N) is 4. The molecule has 116 heavy (non-hydrogen) atoms. The average molecular weight is 1850 g/mol. The van der Waals surface area contributed by atoms with Crippen LogP contribution in [-0.2, 0) is 192 Å². The van der Waals surface area contributed by atoms with E-state index in [9.17, 15) is 70.6 Å². The van der Waals surface area contributed by atoms with E-state index in [2.05, 4.69) is 72.3 Å². The van der Waals surface area contributed by atoms with Gasteiger partial charge < -0.3 is 107 Å². The number of fused-ring (bicyclic) bond motifs is 1. The van der Waals surface area contributed by atoms with Crippen LogP contribution in [0.1, 0.15) is 51.4 Å². The van der Waals surface area contributed by atoms with Crippen molar-refractivity contribution in [2.24, 2.45) is 0 Å². The van der Waals surface area contributed by atoms with Gasteiger partial charge >= 0.3 is 38.8 Å². The lowest BCUT2D eigenvalue weighted by Crippen LogP contribution is -2.70. The highest BCUT2D eigenvalue weighted by molar-refractivity contribution is 8.00. The first-order chi connectivity index (χ1) is 55.7. The number of ether oxygens (including phenoxy) is 16. The first kappa shape index (κ1) is 101. The summed E-state index contributed by atoms with van der Waals surface area (Å²) in [4.78, 5) is 66.0. The van der Waals surface area contributed by atoms with Crippen LogP contribution in [0.25, 0.3) is 0 Å². The number of unbranched alkanes of at least 4 members (excludes halogenated alkanes) is 3. The first-order valence-electron chi connectivity index (χ1n) is 33.7. The van der Waals surface area contributed by atoms with E-state index in [-0.39, 0.29) is 117 Å². The standard InChI is InChI=1S/C53H88N4O51S8/c1-76-30-23(18-84-115(70,71)72)86-48(29(33(30)77-2)56-27(59)15-9-8-12-16-54-26(58)14-11-10-13-25-28-21(20-109-25)55-53(64)57-28)91-36-34(78-3)42(80-5)51(93-40(36)46(60)61)90-32-24(19-85-116(73,74)75)88-52(45(98-114-108-103-69)39(32)96-112-106-101-67)92-37-35(79-4)43(81-6)50(94-41(37)47(62)63)89-31-22(17-83-110-104-99-65)87-49(82-7)44(97-113-107-102-68)38(31)95-111-105-100-66/h21-25,28-45,48-52,65-69H,8-20H2,1-7H3,(H,54,58)(H,56,59)(H,60,61)(H,62,63)(H2,55,57,64)(H,70,71,72)(H,73,74,75)/t21?,22?,23?,24-,25?,28?,29?,30-,31+,32+,33+,34-,35?,36-,37-,38-,39?,40?,41+,42?,43?,44?,45?,48-,49-,50-,51+,52+/m0/s1. The van der Waals surface area contributed by atoms with Crippen molar-refractivity contribution in [3.63, 3.8) is 0 Å². The van der Waals surface area contributed by atoms with Crippen molar-refractivity contribution in [2.45, 2.75) is 222 Å². The lowest BCUT2D eigenvalue weighted by molar-refractivity contribution is -0.437. The van der Waals surface area contributed by atoms with Gasteiger partial charge in [-0.25, -0.2) is 49.0 Å². The molecule has 0 bridgehead atoms. The van der Waals surface area contributed by atoms with Gasteiger partial charge in [0.25, 0.3) is 0 Å². The summed E-state index contributed by atoms with van der Waals surface area (Å²) in [6.07, 6.45) is -43.0. The highest BCUT2D eigenvalue weighted by atomic mass is 32.3. The number of amides is 4. The Morgan fingerprint density at radius 1 is 0.457 bits per heavy atom. The van der Waals surface area contributed by atoms with E-state index in [0.29, 0.717) is 19.3 Å². The number of carboxylic acid groups (broad SMARTS) is 2. The molecular formula is C53H88N4O51S8. The number of carboxylic acids is 2. The molecule has 7 fully saturated rings. The second-order valence-corrected chi connectivity index (χ2v) is 30.4. The summed E-state index contributed by atoms with van der Waals surface area (Å²) < 4.78 is 225. The van der Waals surface area contributed by atoms with Crippen molar-refractivity contribution < 1.29 is 238 Å². The van der Waals surface area contributed by atoms with Crippen LogP contribution in [0.15, 0.2) is 0 Å². The van der Waals surface area contributed by atoms with E-state index in [4.69, 9.17) is 117 Å². The SMILES string of the molecule is COC1C(OC)[C@H](O[C@H]2O[C@@H](COS(=O)(=O)O)[C@@H](O[C@@H]3OC(C(=O)O)[C@@H](O[C@@H]4OC(COS(=O)(=O)O)[C@H](OC)[C@H](OC)C4NC(=O)CCCCCNC(=O)CCCCC4SCC5NC(=O)NC54)[C@H](OC)C3OC)C(OSOOO)C2OSOOO)[C@H](C(=O)O)O[C@@H]1O[C@@H]1C(COSOOO)O[C@H](OC)C(OSOOO)[C@H]1OSOOO. The highest BCUT2D eigenvalue weighted by Gasteiger charge is 2.62. The van der Waals surface area contributed by atoms with Crippen molar-refractivity contribution in [3.05, 3.63) is 0 Å².